The number of β-amino-alcohol motifs (C(OH)–C–C–N with tert-alkyl or cyclic N) is 1. The zero-order valence-corrected chi connectivity index (χ0v) is 13.4. The molecule has 0 unspecified atom stereocenters. The number of aromatic nitrogens is 2. The van der Waals surface area contributed by atoms with E-state index < -0.39 is 11.8 Å². The van der Waals surface area contributed by atoms with Crippen molar-refractivity contribution in [2.75, 3.05) is 18.5 Å². The molecule has 25 heavy (non-hydrogen) atoms. The van der Waals surface area contributed by atoms with Crippen molar-refractivity contribution < 1.29 is 14.7 Å². The molecule has 0 saturated carbocycles. The summed E-state index contributed by atoms with van der Waals surface area (Å²) < 4.78 is 0. The molecule has 0 aliphatic carbocycles. The molecule has 0 spiro atoms. The normalized spacial score (nSPS) is 14.0. The lowest BCUT2D eigenvalue weighted by molar-refractivity contribution is -0.137. The van der Waals surface area contributed by atoms with Gasteiger partial charge in [-0.3, -0.25) is 19.3 Å². The molecule has 1 aliphatic heterocycles. The van der Waals surface area contributed by atoms with Crippen molar-refractivity contribution in [2.24, 2.45) is 0 Å². The molecule has 0 atom stereocenters. The number of nitrogens with zero attached hydrogens (tertiary/aromatic N) is 2. The molecule has 8 nitrogen and oxygen atoms in total. The van der Waals surface area contributed by atoms with Gasteiger partial charge in [-0.25, -0.2) is 5.10 Å². The van der Waals surface area contributed by atoms with Crippen LogP contribution in [0.15, 0.2) is 46.9 Å². The smallest absolute Gasteiger partial charge is 0.277 e. The molecule has 2 aromatic rings. The summed E-state index contributed by atoms with van der Waals surface area (Å²) in [6, 6.07) is 8.44. The van der Waals surface area contributed by atoms with Crippen LogP contribution in [0.4, 0.5) is 5.69 Å². The molecule has 0 fully saturated rings. The Bertz CT molecular complexity index is 912. The second-order valence-corrected chi connectivity index (χ2v) is 5.54. The number of hydrogen-bond donors (Lipinski definition) is 3. The van der Waals surface area contributed by atoms with Crippen molar-refractivity contribution in [3.05, 3.63) is 58.0 Å². The minimum absolute atomic E-state index is 0.0420. The third-order valence-electron chi connectivity index (χ3n) is 3.81. The van der Waals surface area contributed by atoms with Crippen molar-refractivity contribution in [2.45, 2.75) is 6.92 Å². The van der Waals surface area contributed by atoms with Gasteiger partial charge >= 0.3 is 0 Å². The van der Waals surface area contributed by atoms with E-state index in [0.717, 1.165) is 16.0 Å². The minimum atomic E-state index is -0.481. The van der Waals surface area contributed by atoms with E-state index in [0.29, 0.717) is 11.4 Å². The number of carbonyl (C=O) groups is 2. The van der Waals surface area contributed by atoms with Crippen molar-refractivity contribution in [3.8, 4) is 11.3 Å². The topological polar surface area (TPSA) is 115 Å². The van der Waals surface area contributed by atoms with Crippen LogP contribution in [0.3, 0.4) is 0 Å². The summed E-state index contributed by atoms with van der Waals surface area (Å²) in [6.07, 6.45) is 1.21. The number of aliphatic hydroxyl groups is 1. The van der Waals surface area contributed by atoms with Gasteiger partial charge in [-0.05, 0) is 24.6 Å². The van der Waals surface area contributed by atoms with Crippen LogP contribution in [0.5, 0.6) is 0 Å². The van der Waals surface area contributed by atoms with Crippen LogP contribution >= 0.6 is 0 Å². The van der Waals surface area contributed by atoms with Gasteiger partial charge in [0, 0.05) is 23.4 Å². The van der Waals surface area contributed by atoms with E-state index in [1.807, 2.05) is 19.1 Å². The van der Waals surface area contributed by atoms with E-state index in [2.05, 4.69) is 15.5 Å². The molecule has 128 valence electrons. The quantitative estimate of drug-likeness (QED) is 0.679. The van der Waals surface area contributed by atoms with Gasteiger partial charge in [0.2, 0.25) is 0 Å². The highest BCUT2D eigenvalue weighted by molar-refractivity contribution is 6.17. The average molecular weight is 340 g/mol. The fourth-order valence-electron chi connectivity index (χ4n) is 2.48. The second kappa shape index (κ2) is 6.70. The molecule has 0 radical (unpaired) electrons. The van der Waals surface area contributed by atoms with Gasteiger partial charge in [-0.2, -0.15) is 5.10 Å². The number of benzene rings is 1. The van der Waals surface area contributed by atoms with E-state index in [4.69, 9.17) is 5.11 Å². The maximum Gasteiger partial charge on any atom is 0.277 e. The summed E-state index contributed by atoms with van der Waals surface area (Å²) in [6.45, 7) is 1.53. The van der Waals surface area contributed by atoms with Crippen LogP contribution < -0.4 is 10.9 Å². The third kappa shape index (κ3) is 3.33. The standard InChI is InChI=1S/C17H16N4O4/c1-10-2-3-11(12-4-5-15(23)20-19-12)8-13(10)18-14-9-16(24)21(6-7-22)17(14)25/h2-5,8-9,18,22H,6-7H2,1H3,(H,20,23). The maximum absolute atomic E-state index is 12.2. The lowest BCUT2D eigenvalue weighted by Crippen LogP contribution is -2.34. The average Bonchev–Trinajstić information content (AvgIpc) is 2.85. The lowest BCUT2D eigenvalue weighted by atomic mass is 10.1. The van der Waals surface area contributed by atoms with Crippen LogP contribution in [-0.4, -0.2) is 45.2 Å². The Labute approximate surface area is 142 Å². The van der Waals surface area contributed by atoms with E-state index in [1.54, 1.807) is 12.1 Å². The minimum Gasteiger partial charge on any atom is -0.395 e. The molecule has 1 aromatic heterocycles. The molecular weight excluding hydrogens is 324 g/mol. The first-order valence-corrected chi connectivity index (χ1v) is 7.62. The SMILES string of the molecule is Cc1ccc(-c2ccc(=O)[nH]n2)cc1NC1=CC(=O)N(CCO)C1=O. The third-order valence-corrected chi connectivity index (χ3v) is 3.81. The number of carbonyl (C=O) groups excluding carboxylic acids is 2. The summed E-state index contributed by atoms with van der Waals surface area (Å²) in [5.74, 6) is -0.941. The lowest BCUT2D eigenvalue weighted by Gasteiger charge is -2.15. The van der Waals surface area contributed by atoms with Crippen LogP contribution in [0.1, 0.15) is 5.56 Å². The number of nitrogens with one attached hydrogen (secondary N) is 2. The summed E-state index contributed by atoms with van der Waals surface area (Å²) in [5.41, 5.74) is 2.69. The highest BCUT2D eigenvalue weighted by Gasteiger charge is 2.30. The van der Waals surface area contributed by atoms with Crippen LogP contribution in [0.2, 0.25) is 0 Å². The number of aromatic amines is 1. The van der Waals surface area contributed by atoms with Crippen LogP contribution in [0.25, 0.3) is 11.3 Å². The van der Waals surface area contributed by atoms with E-state index >= 15 is 0 Å². The van der Waals surface area contributed by atoms with Crippen molar-refractivity contribution in [3.63, 3.8) is 0 Å². The van der Waals surface area contributed by atoms with Crippen LogP contribution in [-0.2, 0) is 9.59 Å². The zero-order chi connectivity index (χ0) is 18.0. The molecule has 2 amide bonds. The number of rotatable bonds is 5. The first-order valence-electron chi connectivity index (χ1n) is 7.62. The number of aliphatic hydroxyl groups excluding tert-OH is 1. The van der Waals surface area contributed by atoms with Crippen molar-refractivity contribution in [1.82, 2.24) is 15.1 Å². The summed E-state index contributed by atoms with van der Waals surface area (Å²) >= 11 is 0. The molecule has 0 bridgehead atoms. The summed E-state index contributed by atoms with van der Waals surface area (Å²) in [7, 11) is 0. The predicted octanol–water partition coefficient (Wildman–Crippen LogP) is 0.402. The number of imide groups is 1. The van der Waals surface area contributed by atoms with Gasteiger partial charge in [0.05, 0.1) is 18.8 Å². The Kier molecular flexibility index (Phi) is 4.44. The van der Waals surface area contributed by atoms with Gasteiger partial charge in [-0.1, -0.05) is 12.1 Å². The number of aryl methyl sites for hydroxylation is 1. The monoisotopic (exact) mass is 340 g/mol. The van der Waals surface area contributed by atoms with Crippen molar-refractivity contribution in [1.29, 1.82) is 0 Å². The first kappa shape index (κ1) is 16.6. The Morgan fingerprint density at radius 1 is 1.20 bits per heavy atom. The number of anilines is 1. The molecule has 1 aromatic carbocycles. The Morgan fingerprint density at radius 2 is 2.00 bits per heavy atom. The Hall–Kier alpha value is -3.26. The van der Waals surface area contributed by atoms with E-state index in [-0.39, 0.29) is 24.4 Å². The molecule has 1 aliphatic rings. The largest absolute Gasteiger partial charge is 0.395 e. The van der Waals surface area contributed by atoms with Gasteiger partial charge in [0.25, 0.3) is 17.4 Å². The molecule has 2 heterocycles. The molecular formula is C17H16N4O4. The predicted molar refractivity (Wildman–Crippen MR) is 90.5 cm³/mol. The van der Waals surface area contributed by atoms with Gasteiger partial charge in [0.1, 0.15) is 5.70 Å². The summed E-state index contributed by atoms with van der Waals surface area (Å²) in [4.78, 5) is 36.1. The Morgan fingerprint density at radius 3 is 2.68 bits per heavy atom. The molecule has 3 N–H and O–H groups in total. The van der Waals surface area contributed by atoms with Gasteiger partial charge in [0.15, 0.2) is 0 Å². The van der Waals surface area contributed by atoms with Gasteiger partial charge < -0.3 is 10.4 Å². The zero-order valence-electron chi connectivity index (χ0n) is 13.4. The maximum atomic E-state index is 12.2. The molecule has 0 saturated heterocycles. The summed E-state index contributed by atoms with van der Waals surface area (Å²) in [5, 5.41) is 18.3. The second-order valence-electron chi connectivity index (χ2n) is 5.54. The van der Waals surface area contributed by atoms with Crippen LogP contribution in [0, 0.1) is 6.92 Å². The van der Waals surface area contributed by atoms with E-state index in [1.165, 1.54) is 12.1 Å². The number of amides is 2. The first-order chi connectivity index (χ1) is 12.0. The molecule has 8 heteroatoms. The number of H-pyrrole nitrogens is 1. The highest BCUT2D eigenvalue weighted by atomic mass is 16.3. The van der Waals surface area contributed by atoms with Gasteiger partial charge in [-0.15, -0.1) is 0 Å². The van der Waals surface area contributed by atoms with Crippen molar-refractivity contribution >= 4 is 17.5 Å². The fraction of sp³-hybridized carbons (Fsp3) is 0.176. The Balaban J connectivity index is 1.88. The van der Waals surface area contributed by atoms with E-state index in [9.17, 15) is 14.4 Å². The molecule has 3 rings (SSSR count). The highest BCUT2D eigenvalue weighted by Crippen LogP contribution is 2.26. The fourth-order valence-corrected chi connectivity index (χ4v) is 2.48. The number of hydrogen-bond acceptors (Lipinski definition) is 6.